The van der Waals surface area contributed by atoms with Gasteiger partial charge in [0.2, 0.25) is 0 Å². The zero-order valence-corrected chi connectivity index (χ0v) is 10.5. The lowest BCUT2D eigenvalue weighted by Crippen LogP contribution is -2.37. The van der Waals surface area contributed by atoms with Gasteiger partial charge in [0, 0.05) is 17.8 Å². The van der Waals surface area contributed by atoms with Crippen LogP contribution in [0.15, 0.2) is 18.2 Å². The summed E-state index contributed by atoms with van der Waals surface area (Å²) in [6.45, 7) is 1.65. The van der Waals surface area contributed by atoms with Crippen LogP contribution < -0.4 is 10.6 Å². The number of carbonyl (C=O) groups excluding carboxylic acids is 1. The molecule has 0 aliphatic heterocycles. The van der Waals surface area contributed by atoms with Gasteiger partial charge >= 0.3 is 12.0 Å². The molecule has 2 rings (SSSR count). The number of amides is 2. The molecular formula is C13H15FN2O3. The second kappa shape index (κ2) is 4.87. The lowest BCUT2D eigenvalue weighted by atomic mass is 10.1. The fraction of sp³-hybridized carbons (Fsp3) is 0.385. The quantitative estimate of drug-likeness (QED) is 0.781. The van der Waals surface area contributed by atoms with Gasteiger partial charge < -0.3 is 15.7 Å². The number of carboxylic acid groups (broad SMARTS) is 1. The Hall–Kier alpha value is -2.11. The third-order valence-electron chi connectivity index (χ3n) is 3.41. The molecule has 1 aromatic carbocycles. The van der Waals surface area contributed by atoms with Gasteiger partial charge in [-0.25, -0.2) is 9.18 Å². The van der Waals surface area contributed by atoms with Crippen molar-refractivity contribution in [2.75, 3.05) is 11.9 Å². The van der Waals surface area contributed by atoms with Gasteiger partial charge in [0.1, 0.15) is 5.82 Å². The van der Waals surface area contributed by atoms with Crippen molar-refractivity contribution >= 4 is 17.7 Å². The maximum atomic E-state index is 13.3. The first-order valence-electron chi connectivity index (χ1n) is 5.98. The summed E-state index contributed by atoms with van der Waals surface area (Å²) in [6.07, 6.45) is 1.14. The van der Waals surface area contributed by atoms with Crippen molar-refractivity contribution in [1.82, 2.24) is 5.32 Å². The highest BCUT2D eigenvalue weighted by Crippen LogP contribution is 2.45. The number of anilines is 1. The molecule has 0 atom stereocenters. The molecule has 0 saturated heterocycles. The maximum absolute atomic E-state index is 13.3. The molecular weight excluding hydrogens is 251 g/mol. The van der Waals surface area contributed by atoms with E-state index in [0.29, 0.717) is 24.1 Å². The van der Waals surface area contributed by atoms with Gasteiger partial charge in [-0.05, 0) is 31.9 Å². The number of urea groups is 1. The Bertz CT molecular complexity index is 527. The number of benzene rings is 1. The molecule has 1 saturated carbocycles. The minimum absolute atomic E-state index is 0.0858. The Kier molecular flexibility index (Phi) is 3.42. The summed E-state index contributed by atoms with van der Waals surface area (Å²) < 4.78 is 13.3. The van der Waals surface area contributed by atoms with Gasteiger partial charge in [-0.1, -0.05) is 6.07 Å². The molecule has 0 radical (unpaired) electrons. The summed E-state index contributed by atoms with van der Waals surface area (Å²) in [5, 5.41) is 14.0. The zero-order chi connectivity index (χ0) is 14.0. The van der Waals surface area contributed by atoms with Crippen LogP contribution in [0.25, 0.3) is 0 Å². The number of hydrogen-bond donors (Lipinski definition) is 3. The average Bonchev–Trinajstić information content (AvgIpc) is 3.14. The molecule has 1 fully saturated rings. The molecule has 3 N–H and O–H groups in total. The van der Waals surface area contributed by atoms with Crippen LogP contribution in [0.3, 0.4) is 0 Å². The Morgan fingerprint density at radius 3 is 2.68 bits per heavy atom. The van der Waals surface area contributed by atoms with E-state index in [4.69, 9.17) is 5.11 Å². The molecule has 1 aliphatic rings. The summed E-state index contributed by atoms with van der Waals surface area (Å²) in [5.74, 6) is -1.29. The van der Waals surface area contributed by atoms with E-state index in [9.17, 15) is 14.0 Å². The third kappa shape index (κ3) is 2.83. The van der Waals surface area contributed by atoms with Crippen molar-refractivity contribution in [3.8, 4) is 0 Å². The van der Waals surface area contributed by atoms with Crippen LogP contribution in [0.4, 0.5) is 14.9 Å². The zero-order valence-electron chi connectivity index (χ0n) is 10.5. The van der Waals surface area contributed by atoms with E-state index < -0.39 is 23.2 Å². The van der Waals surface area contributed by atoms with Gasteiger partial charge in [-0.15, -0.1) is 0 Å². The van der Waals surface area contributed by atoms with E-state index in [0.717, 1.165) is 0 Å². The topological polar surface area (TPSA) is 78.4 Å². The predicted molar refractivity (Wildman–Crippen MR) is 67.5 cm³/mol. The Morgan fingerprint density at radius 2 is 2.11 bits per heavy atom. The number of carboxylic acids is 1. The molecule has 0 unspecified atom stereocenters. The Morgan fingerprint density at radius 1 is 1.42 bits per heavy atom. The summed E-state index contributed by atoms with van der Waals surface area (Å²) in [5.41, 5.74) is -0.0939. The summed E-state index contributed by atoms with van der Waals surface area (Å²) in [7, 11) is 0. The fourth-order valence-corrected chi connectivity index (χ4v) is 1.78. The van der Waals surface area contributed by atoms with Crippen LogP contribution in [-0.4, -0.2) is 23.7 Å². The van der Waals surface area contributed by atoms with Crippen molar-refractivity contribution in [2.24, 2.45) is 5.41 Å². The van der Waals surface area contributed by atoms with Gasteiger partial charge in [-0.3, -0.25) is 4.79 Å². The largest absolute Gasteiger partial charge is 0.481 e. The highest BCUT2D eigenvalue weighted by molar-refractivity contribution is 5.90. The number of aliphatic carboxylic acids is 1. The molecule has 6 heteroatoms. The standard InChI is InChI=1S/C13H15FN2O3/c1-8-9(14)3-2-4-10(8)16-12(19)15-7-13(5-6-13)11(17)18/h2-4H,5-7H2,1H3,(H,17,18)(H2,15,16,19). The molecule has 0 aromatic heterocycles. The molecule has 2 amide bonds. The molecule has 5 nitrogen and oxygen atoms in total. The molecule has 19 heavy (non-hydrogen) atoms. The van der Waals surface area contributed by atoms with Crippen LogP contribution in [-0.2, 0) is 4.79 Å². The Balaban J connectivity index is 1.91. The number of hydrogen-bond acceptors (Lipinski definition) is 2. The monoisotopic (exact) mass is 266 g/mol. The SMILES string of the molecule is Cc1c(F)cccc1NC(=O)NCC1(C(=O)O)CC1. The van der Waals surface area contributed by atoms with Crippen LogP contribution in [0.5, 0.6) is 0 Å². The smallest absolute Gasteiger partial charge is 0.319 e. The first-order chi connectivity index (χ1) is 8.94. The molecule has 0 bridgehead atoms. The number of rotatable bonds is 4. The van der Waals surface area contributed by atoms with Crippen LogP contribution in [0, 0.1) is 18.2 Å². The van der Waals surface area contributed by atoms with Crippen molar-refractivity contribution in [1.29, 1.82) is 0 Å². The van der Waals surface area contributed by atoms with Gasteiger partial charge in [0.25, 0.3) is 0 Å². The summed E-state index contributed by atoms with van der Waals surface area (Å²) in [6, 6.07) is 3.86. The summed E-state index contributed by atoms with van der Waals surface area (Å²) >= 11 is 0. The minimum atomic E-state index is -0.894. The van der Waals surface area contributed by atoms with E-state index in [1.807, 2.05) is 0 Å². The van der Waals surface area contributed by atoms with E-state index in [-0.39, 0.29) is 6.54 Å². The first-order valence-corrected chi connectivity index (χ1v) is 5.98. The molecule has 102 valence electrons. The second-order valence-electron chi connectivity index (χ2n) is 4.81. The van der Waals surface area contributed by atoms with Crippen molar-refractivity contribution in [3.63, 3.8) is 0 Å². The van der Waals surface area contributed by atoms with Crippen LogP contribution >= 0.6 is 0 Å². The fourth-order valence-electron chi connectivity index (χ4n) is 1.78. The van der Waals surface area contributed by atoms with Gasteiger partial charge in [0.05, 0.1) is 5.41 Å². The first kappa shape index (κ1) is 13.3. The lowest BCUT2D eigenvalue weighted by Gasteiger charge is -2.13. The second-order valence-corrected chi connectivity index (χ2v) is 4.81. The highest BCUT2D eigenvalue weighted by Gasteiger charge is 2.50. The van der Waals surface area contributed by atoms with Crippen molar-refractivity contribution < 1.29 is 19.1 Å². The lowest BCUT2D eigenvalue weighted by molar-refractivity contribution is -0.143. The van der Waals surface area contributed by atoms with Crippen LogP contribution in [0.1, 0.15) is 18.4 Å². The number of carbonyl (C=O) groups is 2. The van der Waals surface area contributed by atoms with E-state index in [2.05, 4.69) is 10.6 Å². The van der Waals surface area contributed by atoms with Crippen LogP contribution in [0.2, 0.25) is 0 Å². The third-order valence-corrected chi connectivity index (χ3v) is 3.41. The van der Waals surface area contributed by atoms with Gasteiger partial charge in [-0.2, -0.15) is 0 Å². The van der Waals surface area contributed by atoms with Crippen molar-refractivity contribution in [3.05, 3.63) is 29.6 Å². The highest BCUT2D eigenvalue weighted by atomic mass is 19.1. The van der Waals surface area contributed by atoms with Gasteiger partial charge in [0.15, 0.2) is 0 Å². The number of nitrogens with one attached hydrogen (secondary N) is 2. The summed E-state index contributed by atoms with van der Waals surface area (Å²) in [4.78, 5) is 22.6. The van der Waals surface area contributed by atoms with E-state index >= 15 is 0 Å². The normalized spacial score (nSPS) is 15.7. The molecule has 1 aliphatic carbocycles. The average molecular weight is 266 g/mol. The Labute approximate surface area is 109 Å². The molecule has 0 spiro atoms. The minimum Gasteiger partial charge on any atom is -0.481 e. The molecule has 1 aromatic rings. The van der Waals surface area contributed by atoms with E-state index in [1.165, 1.54) is 12.1 Å². The molecule has 0 heterocycles. The predicted octanol–water partition coefficient (Wildman–Crippen LogP) is 2.12. The van der Waals surface area contributed by atoms with Crippen molar-refractivity contribution in [2.45, 2.75) is 19.8 Å². The maximum Gasteiger partial charge on any atom is 0.319 e. The van der Waals surface area contributed by atoms with E-state index in [1.54, 1.807) is 13.0 Å². The number of halogens is 1.